The molecule has 0 atom stereocenters. The van der Waals surface area contributed by atoms with E-state index in [2.05, 4.69) is 15.9 Å². The van der Waals surface area contributed by atoms with Crippen LogP contribution in [-0.2, 0) is 0 Å². The van der Waals surface area contributed by atoms with Crippen molar-refractivity contribution >= 4 is 27.3 Å². The van der Waals surface area contributed by atoms with Crippen LogP contribution in [0.1, 0.15) is 18.4 Å². The number of anilines is 2. The topological polar surface area (TPSA) is 61.3 Å². The summed E-state index contributed by atoms with van der Waals surface area (Å²) in [5.74, 6) is 0.697. The van der Waals surface area contributed by atoms with Crippen molar-refractivity contribution in [1.29, 1.82) is 0 Å². The molecule has 0 aromatic heterocycles. The number of nitrogens with two attached hydrogens (primary N) is 2. The van der Waals surface area contributed by atoms with Crippen LogP contribution >= 0.6 is 15.9 Å². The molecule has 0 heterocycles. The summed E-state index contributed by atoms with van der Waals surface area (Å²) in [6, 6.07) is 1.89. The first-order valence-corrected chi connectivity index (χ1v) is 5.39. The van der Waals surface area contributed by atoms with E-state index in [0.717, 1.165) is 22.9 Å². The summed E-state index contributed by atoms with van der Waals surface area (Å²) in [7, 11) is 0. The van der Waals surface area contributed by atoms with Gasteiger partial charge in [0.2, 0.25) is 0 Å². The molecule has 76 valence electrons. The van der Waals surface area contributed by atoms with Crippen molar-refractivity contribution in [3.8, 4) is 5.75 Å². The Morgan fingerprint density at radius 2 is 2.00 bits per heavy atom. The lowest BCUT2D eigenvalue weighted by Crippen LogP contribution is -2.04. The monoisotopic (exact) mass is 256 g/mol. The molecule has 0 bridgehead atoms. The van der Waals surface area contributed by atoms with E-state index < -0.39 is 0 Å². The lowest BCUT2D eigenvalue weighted by atomic mass is 10.1. The van der Waals surface area contributed by atoms with Gasteiger partial charge >= 0.3 is 0 Å². The smallest absolute Gasteiger partial charge is 0.145 e. The van der Waals surface area contributed by atoms with Gasteiger partial charge in [-0.2, -0.15) is 0 Å². The summed E-state index contributed by atoms with van der Waals surface area (Å²) in [6.45, 7) is 1.93. The molecule has 0 saturated heterocycles. The molecule has 1 saturated carbocycles. The Morgan fingerprint density at radius 1 is 1.36 bits per heavy atom. The van der Waals surface area contributed by atoms with Crippen molar-refractivity contribution < 1.29 is 4.74 Å². The Bertz CT molecular complexity index is 375. The zero-order valence-corrected chi connectivity index (χ0v) is 9.60. The normalized spacial score (nSPS) is 15.6. The molecule has 4 N–H and O–H groups in total. The van der Waals surface area contributed by atoms with E-state index in [1.54, 1.807) is 0 Å². The first-order chi connectivity index (χ1) is 6.59. The third kappa shape index (κ3) is 1.66. The third-order valence-corrected chi connectivity index (χ3v) is 3.22. The van der Waals surface area contributed by atoms with Gasteiger partial charge in [-0.3, -0.25) is 0 Å². The number of hydrogen-bond acceptors (Lipinski definition) is 3. The molecule has 0 spiro atoms. The van der Waals surface area contributed by atoms with Gasteiger partial charge in [-0.15, -0.1) is 0 Å². The van der Waals surface area contributed by atoms with E-state index in [1.165, 1.54) is 0 Å². The summed E-state index contributed by atoms with van der Waals surface area (Å²) in [5.41, 5.74) is 13.8. The van der Waals surface area contributed by atoms with Gasteiger partial charge in [0.25, 0.3) is 0 Å². The molecule has 1 aromatic rings. The first kappa shape index (κ1) is 9.65. The predicted octanol–water partition coefficient (Wildman–Crippen LogP) is 2.46. The van der Waals surface area contributed by atoms with Crippen molar-refractivity contribution in [3.05, 3.63) is 16.1 Å². The van der Waals surface area contributed by atoms with Crippen LogP contribution in [0.15, 0.2) is 10.5 Å². The molecule has 3 nitrogen and oxygen atoms in total. The van der Waals surface area contributed by atoms with Gasteiger partial charge in [0.05, 0.1) is 17.5 Å². The zero-order chi connectivity index (χ0) is 10.3. The number of nitrogen functional groups attached to an aromatic ring is 2. The third-order valence-electron chi connectivity index (χ3n) is 2.39. The molecular weight excluding hydrogens is 244 g/mol. The number of benzene rings is 1. The van der Waals surface area contributed by atoms with Gasteiger partial charge in [-0.05, 0) is 31.4 Å². The average molecular weight is 257 g/mol. The Morgan fingerprint density at radius 3 is 2.57 bits per heavy atom. The van der Waals surface area contributed by atoms with E-state index >= 15 is 0 Å². The van der Waals surface area contributed by atoms with Gasteiger partial charge in [-0.1, -0.05) is 15.9 Å². The highest BCUT2D eigenvalue weighted by molar-refractivity contribution is 9.10. The molecule has 0 radical (unpaired) electrons. The number of ether oxygens (including phenoxy) is 1. The van der Waals surface area contributed by atoms with Crippen LogP contribution in [0.4, 0.5) is 11.4 Å². The first-order valence-electron chi connectivity index (χ1n) is 4.60. The van der Waals surface area contributed by atoms with E-state index in [1.807, 2.05) is 13.0 Å². The number of hydrogen-bond donors (Lipinski definition) is 2. The molecule has 0 aliphatic heterocycles. The zero-order valence-electron chi connectivity index (χ0n) is 8.01. The van der Waals surface area contributed by atoms with E-state index in [-0.39, 0.29) is 0 Å². The second kappa shape index (κ2) is 3.35. The molecule has 4 heteroatoms. The highest BCUT2D eigenvalue weighted by Crippen LogP contribution is 2.38. The fourth-order valence-corrected chi connectivity index (χ4v) is 1.65. The van der Waals surface area contributed by atoms with Gasteiger partial charge in [-0.25, -0.2) is 0 Å². The van der Waals surface area contributed by atoms with Crippen molar-refractivity contribution in [2.45, 2.75) is 25.9 Å². The summed E-state index contributed by atoms with van der Waals surface area (Å²) >= 11 is 3.43. The Hall–Kier alpha value is -0.900. The lowest BCUT2D eigenvalue weighted by molar-refractivity contribution is 0.305. The van der Waals surface area contributed by atoms with E-state index in [4.69, 9.17) is 16.2 Å². The maximum Gasteiger partial charge on any atom is 0.145 e. The molecule has 1 aromatic carbocycles. The standard InChI is InChI=1S/C10H13BrN2O/c1-5-7(11)4-8(10(13)9(5)12)14-6-2-3-6/h4,6H,2-3,12-13H2,1H3. The Balaban J connectivity index is 2.38. The maximum atomic E-state index is 5.86. The minimum absolute atomic E-state index is 0.339. The van der Waals surface area contributed by atoms with Crippen LogP contribution in [0, 0.1) is 6.92 Å². The van der Waals surface area contributed by atoms with Gasteiger partial charge in [0, 0.05) is 4.47 Å². The van der Waals surface area contributed by atoms with Crippen LogP contribution in [-0.4, -0.2) is 6.10 Å². The molecule has 0 unspecified atom stereocenters. The molecule has 1 aliphatic rings. The van der Waals surface area contributed by atoms with Crippen molar-refractivity contribution in [3.63, 3.8) is 0 Å². The average Bonchev–Trinajstić information content (AvgIpc) is 2.94. The summed E-state index contributed by atoms with van der Waals surface area (Å²) in [4.78, 5) is 0. The molecule has 0 amide bonds. The van der Waals surface area contributed by atoms with Crippen LogP contribution in [0.2, 0.25) is 0 Å². The van der Waals surface area contributed by atoms with Crippen LogP contribution in [0.3, 0.4) is 0 Å². The summed E-state index contributed by atoms with van der Waals surface area (Å²) < 4.78 is 6.58. The van der Waals surface area contributed by atoms with Crippen molar-refractivity contribution in [1.82, 2.24) is 0 Å². The molecule has 14 heavy (non-hydrogen) atoms. The largest absolute Gasteiger partial charge is 0.488 e. The number of rotatable bonds is 2. The van der Waals surface area contributed by atoms with Crippen LogP contribution in [0.5, 0.6) is 5.75 Å². The highest BCUT2D eigenvalue weighted by Gasteiger charge is 2.25. The molecule has 2 rings (SSSR count). The second-order valence-corrected chi connectivity index (χ2v) is 4.48. The minimum Gasteiger partial charge on any atom is -0.488 e. The maximum absolute atomic E-state index is 5.86. The summed E-state index contributed by atoms with van der Waals surface area (Å²) in [5, 5.41) is 0. The minimum atomic E-state index is 0.339. The van der Waals surface area contributed by atoms with Gasteiger partial charge < -0.3 is 16.2 Å². The van der Waals surface area contributed by atoms with E-state index in [0.29, 0.717) is 23.2 Å². The fourth-order valence-electron chi connectivity index (χ4n) is 1.23. The Labute approximate surface area is 91.5 Å². The van der Waals surface area contributed by atoms with Crippen molar-refractivity contribution in [2.24, 2.45) is 0 Å². The van der Waals surface area contributed by atoms with Crippen LogP contribution < -0.4 is 16.2 Å². The molecule has 1 aliphatic carbocycles. The lowest BCUT2D eigenvalue weighted by Gasteiger charge is -2.13. The van der Waals surface area contributed by atoms with Crippen molar-refractivity contribution in [2.75, 3.05) is 11.5 Å². The second-order valence-electron chi connectivity index (χ2n) is 3.63. The van der Waals surface area contributed by atoms with Crippen LogP contribution in [0.25, 0.3) is 0 Å². The highest BCUT2D eigenvalue weighted by atomic mass is 79.9. The number of halogens is 1. The van der Waals surface area contributed by atoms with E-state index in [9.17, 15) is 0 Å². The van der Waals surface area contributed by atoms with Gasteiger partial charge in [0.15, 0.2) is 0 Å². The molecule has 1 fully saturated rings. The SMILES string of the molecule is Cc1c(Br)cc(OC2CC2)c(N)c1N. The summed E-state index contributed by atoms with van der Waals surface area (Å²) in [6.07, 6.45) is 2.57. The van der Waals surface area contributed by atoms with Gasteiger partial charge in [0.1, 0.15) is 5.75 Å². The fraction of sp³-hybridized carbons (Fsp3) is 0.400. The predicted molar refractivity (Wildman–Crippen MR) is 61.4 cm³/mol. The quantitative estimate of drug-likeness (QED) is 0.800. The molecular formula is C10H13BrN2O. The Kier molecular flexibility index (Phi) is 2.31.